The fraction of sp³-hybridized carbons (Fsp3) is 0.900. The molecule has 166 valence electrons. The monoisotopic (exact) mass is 420 g/mol. The van der Waals surface area contributed by atoms with Crippen LogP contribution < -0.4 is 0 Å². The number of nitrogens with zero attached hydrogens (tertiary/aromatic N) is 2. The van der Waals surface area contributed by atoms with E-state index in [1.54, 1.807) is 0 Å². The molecule has 4 aliphatic rings. The fourth-order valence-electron chi connectivity index (χ4n) is 4.65. The summed E-state index contributed by atoms with van der Waals surface area (Å²) in [5.74, 6) is -0.0835. The molecule has 29 heavy (non-hydrogen) atoms. The number of hydrogen-bond donors (Lipinski definition) is 1. The summed E-state index contributed by atoms with van der Waals surface area (Å²) in [6.45, 7) is 6.44. The van der Waals surface area contributed by atoms with Crippen LogP contribution in [0.3, 0.4) is 0 Å². The van der Waals surface area contributed by atoms with Crippen LogP contribution in [0.2, 0.25) is 0 Å². The van der Waals surface area contributed by atoms with Crippen molar-refractivity contribution in [3.63, 3.8) is 0 Å². The molecule has 0 aromatic heterocycles. The van der Waals surface area contributed by atoms with Crippen molar-refractivity contribution in [3.05, 3.63) is 0 Å². The summed E-state index contributed by atoms with van der Waals surface area (Å²) in [6, 6.07) is 0. The number of hydrogen-bond acceptors (Lipinski definition) is 4. The number of ether oxygens (including phenoxy) is 1. The molecule has 1 amide bonds. The molecule has 1 spiro atoms. The van der Waals surface area contributed by atoms with Gasteiger partial charge in [0.1, 0.15) is 0 Å². The first-order valence-electron chi connectivity index (χ1n) is 10.4. The highest BCUT2D eigenvalue weighted by Gasteiger charge is 2.51. The Labute approximate surface area is 169 Å². The molecule has 0 bridgehead atoms. The Balaban J connectivity index is 0.000000298. The van der Waals surface area contributed by atoms with Crippen LogP contribution in [0, 0.1) is 23.2 Å². The number of alkyl halides is 3. The van der Waals surface area contributed by atoms with Crippen molar-refractivity contribution < 1.29 is 32.6 Å². The van der Waals surface area contributed by atoms with Gasteiger partial charge >= 0.3 is 12.1 Å². The third-order valence-electron chi connectivity index (χ3n) is 6.61. The van der Waals surface area contributed by atoms with Gasteiger partial charge in [0.25, 0.3) is 0 Å². The number of carboxylic acids is 1. The molecular formula is C20H31F3N2O4. The average molecular weight is 420 g/mol. The van der Waals surface area contributed by atoms with Crippen LogP contribution in [-0.4, -0.2) is 79.4 Å². The molecule has 2 aliphatic heterocycles. The van der Waals surface area contributed by atoms with Crippen LogP contribution in [0.5, 0.6) is 0 Å². The Hall–Kier alpha value is -1.35. The minimum absolute atomic E-state index is 0.310. The highest BCUT2D eigenvalue weighted by atomic mass is 19.4. The molecule has 0 radical (unpaired) electrons. The van der Waals surface area contributed by atoms with Gasteiger partial charge in [0.2, 0.25) is 5.91 Å². The van der Waals surface area contributed by atoms with E-state index in [0.29, 0.717) is 23.2 Å². The van der Waals surface area contributed by atoms with Crippen molar-refractivity contribution in [3.8, 4) is 0 Å². The van der Waals surface area contributed by atoms with Gasteiger partial charge in [0.05, 0.1) is 6.61 Å². The van der Waals surface area contributed by atoms with Crippen LogP contribution >= 0.6 is 0 Å². The fourth-order valence-corrected chi connectivity index (χ4v) is 4.65. The highest BCUT2D eigenvalue weighted by Crippen LogP contribution is 2.46. The molecule has 0 aromatic carbocycles. The summed E-state index contributed by atoms with van der Waals surface area (Å²) in [5, 5.41) is 7.12. The first kappa shape index (κ1) is 22.3. The van der Waals surface area contributed by atoms with Crippen molar-refractivity contribution in [2.75, 3.05) is 46.4 Å². The van der Waals surface area contributed by atoms with Gasteiger partial charge in [-0.1, -0.05) is 0 Å². The average Bonchev–Trinajstić information content (AvgIpc) is 3.54. The number of carbonyl (C=O) groups is 2. The summed E-state index contributed by atoms with van der Waals surface area (Å²) < 4.78 is 37.3. The van der Waals surface area contributed by atoms with E-state index < -0.39 is 12.1 Å². The molecule has 0 aromatic rings. The summed E-state index contributed by atoms with van der Waals surface area (Å²) in [5.41, 5.74) is 0.310. The molecule has 6 nitrogen and oxygen atoms in total. The maximum atomic E-state index is 12.5. The van der Waals surface area contributed by atoms with Gasteiger partial charge in [-0.2, -0.15) is 13.2 Å². The summed E-state index contributed by atoms with van der Waals surface area (Å²) >= 11 is 0. The lowest BCUT2D eigenvalue weighted by molar-refractivity contribution is -0.192. The van der Waals surface area contributed by atoms with Crippen LogP contribution in [0.25, 0.3) is 0 Å². The normalized spacial score (nSPS) is 29.8. The topological polar surface area (TPSA) is 70.1 Å². The number of aliphatic carboxylic acids is 1. The standard InChI is InChI=1S/C18H30N2O2.C2HF3O2/c1-22-11-16-10-19(9-15-4-5-15)12-18(16)6-7-20(13-18)17(21)8-14-2-3-14;3-2(4,5)1(6)7/h14-16H,2-13H2,1H3;(H,6,7)/t16-,18-;/m1./s1. The molecule has 2 saturated carbocycles. The van der Waals surface area contributed by atoms with Gasteiger partial charge in [-0.15, -0.1) is 0 Å². The third-order valence-corrected chi connectivity index (χ3v) is 6.61. The first-order valence-corrected chi connectivity index (χ1v) is 10.4. The number of likely N-dealkylation sites (tertiary alicyclic amines) is 2. The van der Waals surface area contributed by atoms with E-state index in [-0.39, 0.29) is 0 Å². The lowest BCUT2D eigenvalue weighted by Crippen LogP contribution is -2.38. The van der Waals surface area contributed by atoms with Gasteiger partial charge in [0.15, 0.2) is 0 Å². The Morgan fingerprint density at radius 1 is 1.14 bits per heavy atom. The molecule has 2 heterocycles. The molecule has 9 heteroatoms. The van der Waals surface area contributed by atoms with E-state index in [1.165, 1.54) is 51.7 Å². The molecule has 1 N–H and O–H groups in total. The van der Waals surface area contributed by atoms with Gasteiger partial charge < -0.3 is 19.6 Å². The quantitative estimate of drug-likeness (QED) is 0.716. The van der Waals surface area contributed by atoms with Gasteiger partial charge in [-0.05, 0) is 43.9 Å². The Morgan fingerprint density at radius 3 is 2.28 bits per heavy atom. The lowest BCUT2D eigenvalue weighted by atomic mass is 9.77. The highest BCUT2D eigenvalue weighted by molar-refractivity contribution is 5.77. The number of carboxylic acid groups (broad SMARTS) is 1. The van der Waals surface area contributed by atoms with E-state index in [4.69, 9.17) is 14.6 Å². The van der Waals surface area contributed by atoms with Crippen LogP contribution in [0.15, 0.2) is 0 Å². The second kappa shape index (κ2) is 8.79. The van der Waals surface area contributed by atoms with Crippen LogP contribution in [0.1, 0.15) is 38.5 Å². The third kappa shape index (κ3) is 6.07. The second-order valence-electron chi connectivity index (χ2n) is 9.17. The lowest BCUT2D eigenvalue weighted by Gasteiger charge is -2.30. The zero-order chi connectivity index (χ0) is 21.2. The molecule has 2 atom stereocenters. The summed E-state index contributed by atoms with van der Waals surface area (Å²) in [4.78, 5) is 26.2. The van der Waals surface area contributed by atoms with Gasteiger partial charge in [0, 0.05) is 57.6 Å². The van der Waals surface area contributed by atoms with E-state index in [1.807, 2.05) is 7.11 Å². The van der Waals surface area contributed by atoms with E-state index in [0.717, 1.165) is 32.0 Å². The molecule has 2 aliphatic carbocycles. The molecule has 4 fully saturated rings. The first-order chi connectivity index (χ1) is 13.6. The second-order valence-corrected chi connectivity index (χ2v) is 9.17. The molecular weight excluding hydrogens is 389 g/mol. The maximum absolute atomic E-state index is 12.5. The van der Waals surface area contributed by atoms with Crippen LogP contribution in [0.4, 0.5) is 13.2 Å². The molecule has 4 rings (SSSR count). The van der Waals surface area contributed by atoms with E-state index in [9.17, 15) is 18.0 Å². The SMILES string of the molecule is COC[C@H]1CN(CC2CC2)C[C@@]12CCN(C(=O)CC1CC1)C2.O=C(O)C(F)(F)F. The number of methoxy groups -OCH3 is 1. The van der Waals surface area contributed by atoms with Crippen molar-refractivity contribution in [2.45, 2.75) is 44.7 Å². The maximum Gasteiger partial charge on any atom is 0.490 e. The van der Waals surface area contributed by atoms with E-state index in [2.05, 4.69) is 9.80 Å². The van der Waals surface area contributed by atoms with E-state index >= 15 is 0 Å². The predicted molar refractivity (Wildman–Crippen MR) is 99.2 cm³/mol. The number of amides is 1. The number of carbonyl (C=O) groups excluding carboxylic acids is 1. The number of halogens is 3. The predicted octanol–water partition coefficient (Wildman–Crippen LogP) is 2.63. The minimum Gasteiger partial charge on any atom is -0.475 e. The Kier molecular flexibility index (Phi) is 6.77. The summed E-state index contributed by atoms with van der Waals surface area (Å²) in [6.07, 6.45) is 2.28. The summed E-state index contributed by atoms with van der Waals surface area (Å²) in [7, 11) is 1.82. The van der Waals surface area contributed by atoms with Crippen molar-refractivity contribution >= 4 is 11.9 Å². The van der Waals surface area contributed by atoms with Gasteiger partial charge in [-0.3, -0.25) is 4.79 Å². The van der Waals surface area contributed by atoms with Crippen molar-refractivity contribution in [1.29, 1.82) is 0 Å². The number of rotatable bonds is 6. The van der Waals surface area contributed by atoms with Crippen molar-refractivity contribution in [1.82, 2.24) is 9.80 Å². The Morgan fingerprint density at radius 2 is 1.76 bits per heavy atom. The minimum atomic E-state index is -5.08. The van der Waals surface area contributed by atoms with Crippen molar-refractivity contribution in [2.24, 2.45) is 23.2 Å². The zero-order valence-electron chi connectivity index (χ0n) is 16.9. The Bertz CT molecular complexity index is 607. The van der Waals surface area contributed by atoms with Crippen LogP contribution in [-0.2, 0) is 14.3 Å². The smallest absolute Gasteiger partial charge is 0.475 e. The van der Waals surface area contributed by atoms with Gasteiger partial charge in [-0.25, -0.2) is 4.79 Å². The largest absolute Gasteiger partial charge is 0.490 e. The zero-order valence-corrected chi connectivity index (χ0v) is 16.9. The molecule has 0 unspecified atom stereocenters. The molecule has 2 saturated heterocycles.